The first kappa shape index (κ1) is 12.8. The minimum atomic E-state index is -0.400. The van der Waals surface area contributed by atoms with Crippen LogP contribution in [0.5, 0.6) is 0 Å². The standard InChI is InChI=1S/C12H17N3O3/c1-14-6-7-18-12(9-14)8-13-10-2-4-11(5-3-10)15(16)17/h2-5,12-13H,6-9H2,1H3. The Morgan fingerprint density at radius 1 is 1.50 bits per heavy atom. The van der Waals surface area contributed by atoms with Gasteiger partial charge in [0.05, 0.1) is 17.6 Å². The number of nitrogens with one attached hydrogen (secondary N) is 1. The molecule has 2 rings (SSSR count). The normalized spacial score (nSPS) is 20.6. The van der Waals surface area contributed by atoms with Crippen LogP contribution >= 0.6 is 0 Å². The van der Waals surface area contributed by atoms with Crippen molar-refractivity contribution in [2.45, 2.75) is 6.10 Å². The first-order chi connectivity index (χ1) is 8.65. The van der Waals surface area contributed by atoms with Gasteiger partial charge in [-0.25, -0.2) is 0 Å². The maximum Gasteiger partial charge on any atom is 0.269 e. The van der Waals surface area contributed by atoms with Crippen LogP contribution < -0.4 is 5.32 Å². The molecule has 1 atom stereocenters. The summed E-state index contributed by atoms with van der Waals surface area (Å²) in [6.07, 6.45) is 0.166. The molecule has 0 saturated carbocycles. The summed E-state index contributed by atoms with van der Waals surface area (Å²) < 4.78 is 5.62. The lowest BCUT2D eigenvalue weighted by molar-refractivity contribution is -0.384. The number of benzene rings is 1. The molecule has 0 radical (unpaired) electrons. The molecular weight excluding hydrogens is 234 g/mol. The number of likely N-dealkylation sites (N-methyl/N-ethyl adjacent to an activating group) is 1. The fourth-order valence-electron chi connectivity index (χ4n) is 1.92. The Morgan fingerprint density at radius 3 is 2.83 bits per heavy atom. The summed E-state index contributed by atoms with van der Waals surface area (Å²) in [6.45, 7) is 3.33. The summed E-state index contributed by atoms with van der Waals surface area (Å²) >= 11 is 0. The zero-order valence-electron chi connectivity index (χ0n) is 10.3. The molecule has 1 N–H and O–H groups in total. The van der Waals surface area contributed by atoms with Crippen LogP contribution in [0.2, 0.25) is 0 Å². The van der Waals surface area contributed by atoms with Crippen molar-refractivity contribution in [1.29, 1.82) is 0 Å². The molecule has 1 unspecified atom stereocenters. The third kappa shape index (κ3) is 3.41. The van der Waals surface area contributed by atoms with Crippen LogP contribution in [0.15, 0.2) is 24.3 Å². The fourth-order valence-corrected chi connectivity index (χ4v) is 1.92. The van der Waals surface area contributed by atoms with Crippen molar-refractivity contribution >= 4 is 11.4 Å². The first-order valence-electron chi connectivity index (χ1n) is 5.93. The summed E-state index contributed by atoms with van der Waals surface area (Å²) in [5.41, 5.74) is 0.978. The van der Waals surface area contributed by atoms with E-state index in [0.29, 0.717) is 6.54 Å². The summed E-state index contributed by atoms with van der Waals surface area (Å²) in [4.78, 5) is 12.3. The van der Waals surface area contributed by atoms with Crippen LogP contribution in [0, 0.1) is 10.1 Å². The Hall–Kier alpha value is -1.66. The maximum absolute atomic E-state index is 10.5. The van der Waals surface area contributed by atoms with Gasteiger partial charge in [-0.15, -0.1) is 0 Å². The minimum Gasteiger partial charge on any atom is -0.382 e. The Balaban J connectivity index is 1.84. The van der Waals surface area contributed by atoms with Crippen molar-refractivity contribution in [3.8, 4) is 0 Å². The van der Waals surface area contributed by atoms with Crippen LogP contribution in [0.3, 0.4) is 0 Å². The number of anilines is 1. The van der Waals surface area contributed by atoms with Gasteiger partial charge in [0.2, 0.25) is 0 Å². The molecule has 18 heavy (non-hydrogen) atoms. The molecule has 0 amide bonds. The molecular formula is C12H17N3O3. The number of nitrogens with zero attached hydrogens (tertiary/aromatic N) is 2. The lowest BCUT2D eigenvalue weighted by Gasteiger charge is -2.30. The molecule has 1 aliphatic heterocycles. The van der Waals surface area contributed by atoms with E-state index in [9.17, 15) is 10.1 Å². The zero-order chi connectivity index (χ0) is 13.0. The van der Waals surface area contributed by atoms with Crippen molar-refractivity contribution in [2.75, 3.05) is 38.6 Å². The molecule has 0 bridgehead atoms. The van der Waals surface area contributed by atoms with Gasteiger partial charge < -0.3 is 15.0 Å². The molecule has 0 aromatic heterocycles. The number of nitro benzene ring substituents is 1. The molecule has 6 heteroatoms. The molecule has 0 aliphatic carbocycles. The number of non-ortho nitro benzene ring substituents is 1. The average molecular weight is 251 g/mol. The Labute approximate surface area is 106 Å². The topological polar surface area (TPSA) is 67.6 Å². The minimum absolute atomic E-state index is 0.106. The average Bonchev–Trinajstić information content (AvgIpc) is 2.37. The lowest BCUT2D eigenvalue weighted by Crippen LogP contribution is -2.43. The van der Waals surface area contributed by atoms with Gasteiger partial charge >= 0.3 is 0 Å². The fraction of sp³-hybridized carbons (Fsp3) is 0.500. The number of rotatable bonds is 4. The first-order valence-corrected chi connectivity index (χ1v) is 5.93. The van der Waals surface area contributed by atoms with Gasteiger partial charge in [0, 0.05) is 37.5 Å². The van der Waals surface area contributed by atoms with Crippen molar-refractivity contribution in [1.82, 2.24) is 4.90 Å². The smallest absolute Gasteiger partial charge is 0.269 e. The van der Waals surface area contributed by atoms with Crippen LogP contribution in [0.4, 0.5) is 11.4 Å². The third-order valence-electron chi connectivity index (χ3n) is 2.95. The van der Waals surface area contributed by atoms with E-state index in [2.05, 4.69) is 17.3 Å². The van der Waals surface area contributed by atoms with E-state index in [1.165, 1.54) is 12.1 Å². The van der Waals surface area contributed by atoms with Gasteiger partial charge in [0.25, 0.3) is 5.69 Å². The Kier molecular flexibility index (Phi) is 4.11. The van der Waals surface area contributed by atoms with Crippen molar-refractivity contribution in [2.24, 2.45) is 0 Å². The molecule has 98 valence electrons. The molecule has 6 nitrogen and oxygen atoms in total. The molecule has 1 aliphatic rings. The molecule has 1 aromatic carbocycles. The van der Waals surface area contributed by atoms with E-state index in [1.807, 2.05) is 0 Å². The van der Waals surface area contributed by atoms with E-state index >= 15 is 0 Å². The number of hydrogen-bond acceptors (Lipinski definition) is 5. The summed E-state index contributed by atoms with van der Waals surface area (Å²) in [7, 11) is 2.07. The van der Waals surface area contributed by atoms with Gasteiger partial charge in [-0.2, -0.15) is 0 Å². The van der Waals surface area contributed by atoms with Gasteiger partial charge in [-0.3, -0.25) is 10.1 Å². The van der Waals surface area contributed by atoms with Crippen LogP contribution in [-0.4, -0.2) is 49.2 Å². The van der Waals surface area contributed by atoms with Gasteiger partial charge in [-0.1, -0.05) is 0 Å². The van der Waals surface area contributed by atoms with Crippen LogP contribution in [0.25, 0.3) is 0 Å². The highest BCUT2D eigenvalue weighted by molar-refractivity contribution is 5.48. The third-order valence-corrected chi connectivity index (χ3v) is 2.95. The number of hydrogen-bond donors (Lipinski definition) is 1. The molecule has 1 fully saturated rings. The SMILES string of the molecule is CN1CCOC(CNc2ccc([N+](=O)[O-])cc2)C1. The summed E-state index contributed by atoms with van der Waals surface area (Å²) in [5, 5.41) is 13.7. The number of ether oxygens (including phenoxy) is 1. The van der Waals surface area contributed by atoms with E-state index in [1.54, 1.807) is 12.1 Å². The number of nitro groups is 1. The van der Waals surface area contributed by atoms with E-state index in [4.69, 9.17) is 4.74 Å². The molecule has 1 aromatic rings. The molecule has 0 spiro atoms. The van der Waals surface area contributed by atoms with E-state index < -0.39 is 4.92 Å². The second-order valence-corrected chi connectivity index (χ2v) is 4.44. The van der Waals surface area contributed by atoms with E-state index in [-0.39, 0.29) is 11.8 Å². The molecule has 1 saturated heterocycles. The van der Waals surface area contributed by atoms with Crippen LogP contribution in [0.1, 0.15) is 0 Å². The maximum atomic E-state index is 10.5. The summed E-state index contributed by atoms with van der Waals surface area (Å²) in [6, 6.07) is 6.42. The zero-order valence-corrected chi connectivity index (χ0v) is 10.3. The highest BCUT2D eigenvalue weighted by Crippen LogP contribution is 2.15. The number of morpholine rings is 1. The summed E-state index contributed by atoms with van der Waals surface area (Å²) in [5.74, 6) is 0. The highest BCUT2D eigenvalue weighted by atomic mass is 16.6. The van der Waals surface area contributed by atoms with Crippen molar-refractivity contribution in [3.05, 3.63) is 34.4 Å². The van der Waals surface area contributed by atoms with Crippen molar-refractivity contribution < 1.29 is 9.66 Å². The molecule has 1 heterocycles. The van der Waals surface area contributed by atoms with Crippen molar-refractivity contribution in [3.63, 3.8) is 0 Å². The second kappa shape index (κ2) is 5.79. The predicted octanol–water partition coefficient (Wildman–Crippen LogP) is 1.34. The quantitative estimate of drug-likeness (QED) is 0.646. The monoisotopic (exact) mass is 251 g/mol. The lowest BCUT2D eigenvalue weighted by atomic mass is 10.2. The predicted molar refractivity (Wildman–Crippen MR) is 68.8 cm³/mol. The van der Waals surface area contributed by atoms with Gasteiger partial charge in [0.1, 0.15) is 0 Å². The Bertz CT molecular complexity index is 408. The van der Waals surface area contributed by atoms with Gasteiger partial charge in [0.15, 0.2) is 0 Å². The largest absolute Gasteiger partial charge is 0.382 e. The highest BCUT2D eigenvalue weighted by Gasteiger charge is 2.17. The Morgan fingerprint density at radius 2 is 2.22 bits per heavy atom. The second-order valence-electron chi connectivity index (χ2n) is 4.44. The van der Waals surface area contributed by atoms with Gasteiger partial charge in [-0.05, 0) is 19.2 Å². The van der Waals surface area contributed by atoms with Crippen LogP contribution in [-0.2, 0) is 4.74 Å². The van der Waals surface area contributed by atoms with E-state index in [0.717, 1.165) is 25.4 Å².